The largest absolute Gasteiger partial charge is 0.483 e. The Hall–Kier alpha value is -2.36. The summed E-state index contributed by atoms with van der Waals surface area (Å²) in [6.45, 7) is -0.362. The molecule has 0 saturated carbocycles. The summed E-state index contributed by atoms with van der Waals surface area (Å²) < 4.78 is 44.4. The lowest BCUT2D eigenvalue weighted by Gasteiger charge is -2.32. The summed E-state index contributed by atoms with van der Waals surface area (Å²) in [6.07, 6.45) is 0.990. The van der Waals surface area contributed by atoms with Crippen LogP contribution < -0.4 is 15.0 Å². The number of amides is 1. The van der Waals surface area contributed by atoms with Crippen molar-refractivity contribution in [3.05, 3.63) is 17.9 Å². The minimum absolute atomic E-state index is 0.000347. The molecule has 1 heterocycles. The Balaban J connectivity index is 2.60. The quantitative estimate of drug-likeness (QED) is 0.833. The lowest BCUT2D eigenvalue weighted by molar-refractivity contribution is -0.192. The minimum Gasteiger partial charge on any atom is -0.423 e. The van der Waals surface area contributed by atoms with E-state index in [1.165, 1.54) is 13.1 Å². The third kappa shape index (κ3) is 2.05. The van der Waals surface area contributed by atoms with E-state index in [0.29, 0.717) is 4.90 Å². The van der Waals surface area contributed by atoms with Crippen LogP contribution >= 0.6 is 0 Å². The highest BCUT2D eigenvalue weighted by atomic mass is 19.3. The summed E-state index contributed by atoms with van der Waals surface area (Å²) in [5, 5.41) is 2.54. The van der Waals surface area contributed by atoms with E-state index in [-0.39, 0.29) is 17.9 Å². The third-order valence-corrected chi connectivity index (χ3v) is 2.59. The number of ether oxygens (including phenoxy) is 1. The van der Waals surface area contributed by atoms with Gasteiger partial charge in [-0.15, -0.1) is 6.42 Å². The van der Waals surface area contributed by atoms with Crippen LogP contribution in [0, 0.1) is 18.2 Å². The number of carbonyl (C=O) groups is 1. The van der Waals surface area contributed by atoms with Gasteiger partial charge in [0, 0.05) is 13.1 Å². The number of anilines is 2. The van der Waals surface area contributed by atoms with E-state index in [0.717, 1.165) is 6.07 Å². The van der Waals surface area contributed by atoms with Crippen LogP contribution in [-0.2, 0) is 4.79 Å². The molecule has 1 aromatic rings. The number of hydrogen-bond acceptors (Lipinski definition) is 3. The fourth-order valence-corrected chi connectivity index (χ4v) is 1.72. The van der Waals surface area contributed by atoms with Crippen molar-refractivity contribution >= 4 is 17.3 Å². The molecule has 1 aromatic carbocycles. The molecule has 0 spiro atoms. The molecule has 1 amide bonds. The van der Waals surface area contributed by atoms with Gasteiger partial charge in [-0.25, -0.2) is 4.39 Å². The molecular weight excluding hydrogens is 261 g/mol. The van der Waals surface area contributed by atoms with Crippen molar-refractivity contribution in [3.63, 3.8) is 0 Å². The smallest absolute Gasteiger partial charge is 0.423 e. The second-order valence-corrected chi connectivity index (χ2v) is 3.76. The minimum atomic E-state index is -4.06. The van der Waals surface area contributed by atoms with Crippen molar-refractivity contribution in [2.75, 3.05) is 23.8 Å². The van der Waals surface area contributed by atoms with Crippen molar-refractivity contribution in [1.82, 2.24) is 0 Å². The average molecular weight is 270 g/mol. The van der Waals surface area contributed by atoms with Gasteiger partial charge in [0.25, 0.3) is 0 Å². The number of carbonyl (C=O) groups excluding carboxylic acids is 1. The number of fused-ring (bicyclic) bond motifs is 1. The SMILES string of the molecule is C#CCN1C(=O)C(F)(F)Oc2cc(F)c(NC)cc21. The topological polar surface area (TPSA) is 41.6 Å². The number of alkyl halides is 2. The molecule has 19 heavy (non-hydrogen) atoms. The van der Waals surface area contributed by atoms with Crippen LogP contribution in [0.2, 0.25) is 0 Å². The van der Waals surface area contributed by atoms with Gasteiger partial charge in [-0.2, -0.15) is 8.78 Å². The van der Waals surface area contributed by atoms with E-state index in [9.17, 15) is 18.0 Å². The van der Waals surface area contributed by atoms with E-state index in [2.05, 4.69) is 16.0 Å². The first-order chi connectivity index (χ1) is 8.90. The van der Waals surface area contributed by atoms with Crippen molar-refractivity contribution in [2.24, 2.45) is 0 Å². The zero-order valence-electron chi connectivity index (χ0n) is 9.84. The summed E-state index contributed by atoms with van der Waals surface area (Å²) in [5.74, 6) is -0.682. The summed E-state index contributed by atoms with van der Waals surface area (Å²) in [6, 6.07) is 1.97. The summed E-state index contributed by atoms with van der Waals surface area (Å²) in [4.78, 5) is 12.2. The molecule has 100 valence electrons. The number of nitrogens with zero attached hydrogens (tertiary/aromatic N) is 1. The summed E-state index contributed by atoms with van der Waals surface area (Å²) >= 11 is 0. The van der Waals surface area contributed by atoms with Gasteiger partial charge in [-0.1, -0.05) is 5.92 Å². The monoisotopic (exact) mass is 270 g/mol. The highest BCUT2D eigenvalue weighted by molar-refractivity contribution is 6.01. The second kappa shape index (κ2) is 4.39. The standard InChI is InChI=1S/C12H9F3N2O2/c1-3-4-17-9-6-8(16-2)7(13)5-10(9)19-12(14,15)11(17)18/h1,5-6,16H,4H2,2H3. The number of halogens is 3. The molecule has 0 atom stereocenters. The highest BCUT2D eigenvalue weighted by Crippen LogP contribution is 2.41. The van der Waals surface area contributed by atoms with Gasteiger partial charge >= 0.3 is 12.0 Å². The van der Waals surface area contributed by atoms with Crippen LogP contribution in [0.4, 0.5) is 24.5 Å². The number of terminal acetylenes is 1. The Morgan fingerprint density at radius 1 is 1.53 bits per heavy atom. The van der Waals surface area contributed by atoms with Gasteiger partial charge in [0.2, 0.25) is 0 Å². The first-order valence-electron chi connectivity index (χ1n) is 5.24. The van der Waals surface area contributed by atoms with Crippen LogP contribution in [0.3, 0.4) is 0 Å². The van der Waals surface area contributed by atoms with Crippen LogP contribution in [-0.4, -0.2) is 25.6 Å². The normalized spacial score (nSPS) is 16.4. The maximum absolute atomic E-state index is 13.5. The van der Waals surface area contributed by atoms with Crippen LogP contribution in [0.15, 0.2) is 12.1 Å². The van der Waals surface area contributed by atoms with E-state index in [4.69, 9.17) is 6.42 Å². The Labute approximate surface area is 107 Å². The molecule has 0 fully saturated rings. The van der Waals surface area contributed by atoms with E-state index in [1.807, 2.05) is 0 Å². The first kappa shape index (κ1) is 13.1. The lowest BCUT2D eigenvalue weighted by Crippen LogP contribution is -2.51. The molecule has 0 aromatic heterocycles. The number of benzene rings is 1. The Morgan fingerprint density at radius 2 is 2.21 bits per heavy atom. The predicted molar refractivity (Wildman–Crippen MR) is 62.7 cm³/mol. The van der Waals surface area contributed by atoms with Crippen molar-refractivity contribution in [2.45, 2.75) is 6.11 Å². The number of rotatable bonds is 2. The molecule has 0 radical (unpaired) electrons. The molecule has 1 aliphatic rings. The molecule has 4 nitrogen and oxygen atoms in total. The van der Waals surface area contributed by atoms with Crippen LogP contribution in [0.1, 0.15) is 0 Å². The van der Waals surface area contributed by atoms with E-state index >= 15 is 0 Å². The molecule has 0 unspecified atom stereocenters. The Morgan fingerprint density at radius 3 is 2.79 bits per heavy atom. The predicted octanol–water partition coefficient (Wildman–Crippen LogP) is 1.82. The molecule has 0 saturated heterocycles. The summed E-state index contributed by atoms with van der Waals surface area (Å²) in [7, 11) is 1.45. The van der Waals surface area contributed by atoms with Gasteiger partial charge < -0.3 is 10.1 Å². The zero-order chi connectivity index (χ0) is 14.2. The average Bonchev–Trinajstić information content (AvgIpc) is 2.34. The van der Waals surface area contributed by atoms with Crippen molar-refractivity contribution in [3.8, 4) is 18.1 Å². The van der Waals surface area contributed by atoms with Crippen molar-refractivity contribution < 1.29 is 22.7 Å². The molecule has 7 heteroatoms. The number of nitrogens with one attached hydrogen (secondary N) is 1. The molecule has 2 rings (SSSR count). The van der Waals surface area contributed by atoms with Crippen molar-refractivity contribution in [1.29, 1.82) is 0 Å². The molecule has 0 aliphatic carbocycles. The van der Waals surface area contributed by atoms with Gasteiger partial charge in [0.15, 0.2) is 5.75 Å². The molecule has 1 N–H and O–H groups in total. The second-order valence-electron chi connectivity index (χ2n) is 3.76. The zero-order valence-corrected chi connectivity index (χ0v) is 9.84. The number of hydrogen-bond donors (Lipinski definition) is 1. The molecular formula is C12H9F3N2O2. The van der Waals surface area contributed by atoms with Gasteiger partial charge in [-0.05, 0) is 6.07 Å². The third-order valence-electron chi connectivity index (χ3n) is 2.59. The Bertz CT molecular complexity index is 581. The molecule has 1 aliphatic heterocycles. The summed E-state index contributed by atoms with van der Waals surface area (Å²) in [5.41, 5.74) is 0.0435. The maximum atomic E-state index is 13.5. The van der Waals surface area contributed by atoms with Crippen LogP contribution in [0.25, 0.3) is 0 Å². The fraction of sp³-hybridized carbons (Fsp3) is 0.250. The van der Waals surface area contributed by atoms with Crippen LogP contribution in [0.5, 0.6) is 5.75 Å². The molecule has 0 bridgehead atoms. The highest BCUT2D eigenvalue weighted by Gasteiger charge is 2.50. The Kier molecular flexibility index (Phi) is 3.02. The lowest BCUT2D eigenvalue weighted by atomic mass is 10.2. The van der Waals surface area contributed by atoms with E-state index < -0.39 is 23.6 Å². The van der Waals surface area contributed by atoms with Gasteiger partial charge in [-0.3, -0.25) is 9.69 Å². The van der Waals surface area contributed by atoms with Gasteiger partial charge in [0.1, 0.15) is 5.82 Å². The van der Waals surface area contributed by atoms with Gasteiger partial charge in [0.05, 0.1) is 17.9 Å². The fourth-order valence-electron chi connectivity index (χ4n) is 1.72. The first-order valence-corrected chi connectivity index (χ1v) is 5.24. The maximum Gasteiger partial charge on any atom is 0.483 e. The van der Waals surface area contributed by atoms with E-state index in [1.54, 1.807) is 0 Å².